The summed E-state index contributed by atoms with van der Waals surface area (Å²) in [5, 5.41) is 7.18. The number of nitrogens with zero attached hydrogens (tertiary/aromatic N) is 2. The molecule has 0 spiro atoms. The molecule has 0 saturated carbocycles. The zero-order valence-electron chi connectivity index (χ0n) is 19.6. The molecule has 1 fully saturated rings. The smallest absolute Gasteiger partial charge is 0.410 e. The largest absolute Gasteiger partial charge is 0.444 e. The summed E-state index contributed by atoms with van der Waals surface area (Å²) in [6, 6.07) is 11.5. The average molecular weight is 450 g/mol. The van der Waals surface area contributed by atoms with Gasteiger partial charge in [-0.15, -0.1) is 0 Å². The Morgan fingerprint density at radius 2 is 1.85 bits per heavy atom. The Balaban J connectivity index is 1.43. The van der Waals surface area contributed by atoms with Crippen LogP contribution in [-0.4, -0.2) is 45.6 Å². The molecule has 2 amide bonds. The van der Waals surface area contributed by atoms with E-state index in [4.69, 9.17) is 9.72 Å². The molecule has 3 heterocycles. The molecular formula is C25H31N5O3. The first kappa shape index (κ1) is 22.6. The van der Waals surface area contributed by atoms with E-state index in [-0.39, 0.29) is 12.0 Å². The van der Waals surface area contributed by atoms with Crippen molar-refractivity contribution in [1.29, 1.82) is 0 Å². The van der Waals surface area contributed by atoms with Gasteiger partial charge >= 0.3 is 6.09 Å². The van der Waals surface area contributed by atoms with Crippen LogP contribution in [0.25, 0.3) is 11.0 Å². The second-order valence-corrected chi connectivity index (χ2v) is 9.47. The van der Waals surface area contributed by atoms with Gasteiger partial charge in [0.25, 0.3) is 0 Å². The Hall–Kier alpha value is -3.55. The third-order valence-corrected chi connectivity index (χ3v) is 5.61. The highest BCUT2D eigenvalue weighted by Crippen LogP contribution is 2.34. The number of carbonyl (C=O) groups excluding carboxylic acids is 2. The van der Waals surface area contributed by atoms with Gasteiger partial charge in [0, 0.05) is 43.0 Å². The molecule has 1 aliphatic heterocycles. The second kappa shape index (κ2) is 9.13. The molecule has 0 aliphatic carbocycles. The molecule has 0 atom stereocenters. The fraction of sp³-hybridized carbons (Fsp3) is 0.400. The number of aromatic nitrogens is 2. The van der Waals surface area contributed by atoms with Crippen molar-refractivity contribution in [3.63, 3.8) is 0 Å². The van der Waals surface area contributed by atoms with E-state index in [1.165, 1.54) is 12.5 Å². The number of nitrogens with one attached hydrogen (secondary N) is 3. The molecule has 3 N–H and O–H groups in total. The van der Waals surface area contributed by atoms with Crippen LogP contribution in [0.3, 0.4) is 0 Å². The van der Waals surface area contributed by atoms with E-state index in [9.17, 15) is 9.59 Å². The number of benzene rings is 1. The topological polar surface area (TPSA) is 99.4 Å². The Kier molecular flexibility index (Phi) is 6.26. The number of piperidine rings is 1. The minimum Gasteiger partial charge on any atom is -0.444 e. The number of amides is 2. The van der Waals surface area contributed by atoms with Crippen LogP contribution in [0.5, 0.6) is 0 Å². The van der Waals surface area contributed by atoms with Crippen molar-refractivity contribution in [2.24, 2.45) is 0 Å². The third kappa shape index (κ3) is 5.63. The van der Waals surface area contributed by atoms with Crippen LogP contribution in [0.4, 0.5) is 22.0 Å². The Morgan fingerprint density at radius 3 is 2.55 bits per heavy atom. The second-order valence-electron chi connectivity index (χ2n) is 9.47. The molecule has 1 aromatic carbocycles. The Morgan fingerprint density at radius 1 is 1.12 bits per heavy atom. The fourth-order valence-electron chi connectivity index (χ4n) is 4.16. The fourth-order valence-corrected chi connectivity index (χ4v) is 4.16. The Labute approximate surface area is 193 Å². The standard InChI is InChI=1S/C25H31N5O3/c1-16(31)27-18-6-5-7-19(14-18)28-22-9-8-20-21(15-26-23(20)29-22)17-10-12-30(13-11-17)24(32)33-25(2,3)4/h5-9,14-15,17H,10-13H2,1-4H3,(H,27,31)(H2,26,28,29). The summed E-state index contributed by atoms with van der Waals surface area (Å²) < 4.78 is 5.50. The predicted molar refractivity (Wildman–Crippen MR) is 130 cm³/mol. The summed E-state index contributed by atoms with van der Waals surface area (Å²) in [6.45, 7) is 8.52. The van der Waals surface area contributed by atoms with Crippen LogP contribution < -0.4 is 10.6 Å². The summed E-state index contributed by atoms with van der Waals surface area (Å²) in [5.74, 6) is 0.977. The normalized spacial score (nSPS) is 14.8. The molecular weight excluding hydrogens is 418 g/mol. The number of anilines is 3. The van der Waals surface area contributed by atoms with Gasteiger partial charge in [0.1, 0.15) is 17.1 Å². The SMILES string of the molecule is CC(=O)Nc1cccc(Nc2ccc3c(C4CCN(C(=O)OC(C)(C)C)CC4)c[nH]c3n2)c1. The van der Waals surface area contributed by atoms with Gasteiger partial charge in [0.05, 0.1) is 0 Å². The molecule has 0 unspecified atom stereocenters. The maximum atomic E-state index is 12.3. The van der Waals surface area contributed by atoms with E-state index >= 15 is 0 Å². The summed E-state index contributed by atoms with van der Waals surface area (Å²) in [7, 11) is 0. The van der Waals surface area contributed by atoms with Crippen molar-refractivity contribution < 1.29 is 14.3 Å². The molecule has 3 aromatic rings. The van der Waals surface area contributed by atoms with Crippen LogP contribution in [0.2, 0.25) is 0 Å². The van der Waals surface area contributed by atoms with Gasteiger partial charge < -0.3 is 25.3 Å². The highest BCUT2D eigenvalue weighted by atomic mass is 16.6. The van der Waals surface area contributed by atoms with E-state index < -0.39 is 5.60 Å². The lowest BCUT2D eigenvalue weighted by Crippen LogP contribution is -2.41. The summed E-state index contributed by atoms with van der Waals surface area (Å²) in [4.78, 5) is 33.5. The zero-order chi connectivity index (χ0) is 23.6. The third-order valence-electron chi connectivity index (χ3n) is 5.61. The van der Waals surface area contributed by atoms with Gasteiger partial charge in [-0.2, -0.15) is 0 Å². The number of pyridine rings is 1. The quantitative estimate of drug-likeness (QED) is 0.497. The molecule has 1 saturated heterocycles. The van der Waals surface area contributed by atoms with Crippen molar-refractivity contribution in [2.75, 3.05) is 23.7 Å². The van der Waals surface area contributed by atoms with Gasteiger partial charge in [-0.05, 0) is 75.4 Å². The summed E-state index contributed by atoms with van der Waals surface area (Å²) >= 11 is 0. The Bertz CT molecular complexity index is 1160. The maximum Gasteiger partial charge on any atom is 0.410 e. The molecule has 8 nitrogen and oxygen atoms in total. The van der Waals surface area contributed by atoms with Gasteiger partial charge in [-0.1, -0.05) is 6.07 Å². The molecule has 0 bridgehead atoms. The molecule has 0 radical (unpaired) electrons. The minimum absolute atomic E-state index is 0.109. The van der Waals surface area contributed by atoms with E-state index in [0.717, 1.165) is 41.1 Å². The number of ether oxygens (including phenoxy) is 1. The van der Waals surface area contributed by atoms with E-state index in [2.05, 4.69) is 21.7 Å². The lowest BCUT2D eigenvalue weighted by atomic mass is 9.89. The highest BCUT2D eigenvalue weighted by molar-refractivity contribution is 5.89. The van der Waals surface area contributed by atoms with Crippen molar-refractivity contribution >= 4 is 40.2 Å². The van der Waals surface area contributed by atoms with Gasteiger partial charge in [-0.3, -0.25) is 4.79 Å². The van der Waals surface area contributed by atoms with Gasteiger partial charge in [0.15, 0.2) is 0 Å². The van der Waals surface area contributed by atoms with Gasteiger partial charge in [-0.25, -0.2) is 9.78 Å². The number of fused-ring (bicyclic) bond motifs is 1. The number of H-pyrrole nitrogens is 1. The van der Waals surface area contributed by atoms with Crippen LogP contribution in [0, 0.1) is 0 Å². The summed E-state index contributed by atoms with van der Waals surface area (Å²) in [5.41, 5.74) is 3.15. The number of likely N-dealkylation sites (tertiary alicyclic amines) is 1. The van der Waals surface area contributed by atoms with E-state index in [1.807, 2.05) is 57.3 Å². The number of hydrogen-bond donors (Lipinski definition) is 3. The predicted octanol–water partition coefficient (Wildman–Crippen LogP) is 5.38. The first-order valence-electron chi connectivity index (χ1n) is 11.3. The average Bonchev–Trinajstić information content (AvgIpc) is 3.16. The maximum absolute atomic E-state index is 12.3. The van der Waals surface area contributed by atoms with Crippen LogP contribution in [0.15, 0.2) is 42.6 Å². The molecule has 8 heteroatoms. The lowest BCUT2D eigenvalue weighted by Gasteiger charge is -2.33. The van der Waals surface area contributed by atoms with Crippen molar-refractivity contribution in [1.82, 2.24) is 14.9 Å². The molecule has 2 aromatic heterocycles. The van der Waals surface area contributed by atoms with Gasteiger partial charge in [0.2, 0.25) is 5.91 Å². The molecule has 33 heavy (non-hydrogen) atoms. The van der Waals surface area contributed by atoms with E-state index in [1.54, 1.807) is 4.90 Å². The lowest BCUT2D eigenvalue weighted by molar-refractivity contribution is -0.114. The monoisotopic (exact) mass is 449 g/mol. The molecule has 4 rings (SSSR count). The highest BCUT2D eigenvalue weighted by Gasteiger charge is 2.28. The van der Waals surface area contributed by atoms with Crippen LogP contribution >= 0.6 is 0 Å². The van der Waals surface area contributed by atoms with Crippen LogP contribution in [0.1, 0.15) is 52.0 Å². The number of aromatic amines is 1. The zero-order valence-corrected chi connectivity index (χ0v) is 19.6. The molecule has 174 valence electrons. The van der Waals surface area contributed by atoms with Crippen molar-refractivity contribution in [2.45, 2.75) is 52.1 Å². The minimum atomic E-state index is -0.479. The van der Waals surface area contributed by atoms with E-state index in [0.29, 0.717) is 19.0 Å². The molecule has 1 aliphatic rings. The number of hydrogen-bond acceptors (Lipinski definition) is 5. The van der Waals surface area contributed by atoms with Crippen molar-refractivity contribution in [3.8, 4) is 0 Å². The summed E-state index contributed by atoms with van der Waals surface area (Å²) in [6.07, 6.45) is 3.58. The first-order chi connectivity index (χ1) is 15.7. The number of carbonyl (C=O) groups is 2. The number of rotatable bonds is 4. The first-order valence-corrected chi connectivity index (χ1v) is 11.3. The van der Waals surface area contributed by atoms with Crippen molar-refractivity contribution in [3.05, 3.63) is 48.2 Å². The van der Waals surface area contributed by atoms with Crippen LogP contribution in [-0.2, 0) is 9.53 Å².